The summed E-state index contributed by atoms with van der Waals surface area (Å²) in [5, 5.41) is 4.71. The summed E-state index contributed by atoms with van der Waals surface area (Å²) >= 11 is 5.94. The van der Waals surface area contributed by atoms with Crippen molar-refractivity contribution >= 4 is 46.8 Å². The molecule has 0 fully saturated rings. The van der Waals surface area contributed by atoms with E-state index in [9.17, 15) is 24.0 Å². The van der Waals surface area contributed by atoms with Gasteiger partial charge < -0.3 is 10.1 Å². The number of hydrogen-bond donors (Lipinski definition) is 2. The fourth-order valence-electron chi connectivity index (χ4n) is 2.74. The Morgan fingerprint density at radius 2 is 1.79 bits per heavy atom. The molecule has 0 aromatic heterocycles. The zero-order valence-corrected chi connectivity index (χ0v) is 15.2. The van der Waals surface area contributed by atoms with Crippen LogP contribution in [0.3, 0.4) is 0 Å². The number of esters is 1. The molecule has 142 valence electrons. The van der Waals surface area contributed by atoms with Crippen LogP contribution in [0.4, 0.5) is 5.69 Å². The van der Waals surface area contributed by atoms with Crippen LogP contribution in [0, 0.1) is 0 Å². The lowest BCUT2D eigenvalue weighted by Gasteiger charge is -2.21. The van der Waals surface area contributed by atoms with Crippen molar-refractivity contribution in [3.63, 3.8) is 0 Å². The van der Waals surface area contributed by atoms with E-state index in [1.54, 1.807) is 18.2 Å². The number of ketones is 1. The number of benzene rings is 2. The van der Waals surface area contributed by atoms with E-state index in [0.717, 1.165) is 6.92 Å². The maximum Gasteiger partial charge on any atom is 0.303 e. The van der Waals surface area contributed by atoms with Gasteiger partial charge in [-0.05, 0) is 24.3 Å². The number of imide groups is 1. The van der Waals surface area contributed by atoms with Crippen LogP contribution in [0.5, 0.6) is 0 Å². The van der Waals surface area contributed by atoms with Crippen molar-refractivity contribution in [1.29, 1.82) is 0 Å². The normalized spacial score (nSPS) is 14.0. The molecule has 0 saturated heterocycles. The summed E-state index contributed by atoms with van der Waals surface area (Å²) in [4.78, 5) is 60.1. The van der Waals surface area contributed by atoms with Crippen LogP contribution in [0.2, 0.25) is 5.02 Å². The number of hydrogen-bond acceptors (Lipinski definition) is 6. The van der Waals surface area contributed by atoms with Crippen molar-refractivity contribution in [1.82, 2.24) is 5.32 Å². The van der Waals surface area contributed by atoms with E-state index in [0.29, 0.717) is 10.6 Å². The van der Waals surface area contributed by atoms with Crippen molar-refractivity contribution < 1.29 is 28.7 Å². The summed E-state index contributed by atoms with van der Waals surface area (Å²) in [7, 11) is 0. The highest BCUT2D eigenvalue weighted by atomic mass is 35.5. The minimum atomic E-state index is -1.35. The molecule has 0 radical (unpaired) electrons. The third-order valence-corrected chi connectivity index (χ3v) is 4.14. The van der Waals surface area contributed by atoms with Gasteiger partial charge in [0.05, 0.1) is 16.8 Å². The van der Waals surface area contributed by atoms with Gasteiger partial charge in [0.2, 0.25) is 6.10 Å². The van der Waals surface area contributed by atoms with Crippen LogP contribution in [-0.2, 0) is 19.1 Å². The van der Waals surface area contributed by atoms with Gasteiger partial charge >= 0.3 is 5.97 Å². The molecule has 2 N–H and O–H groups in total. The lowest BCUT2D eigenvalue weighted by atomic mass is 9.96. The second-order valence-corrected chi connectivity index (χ2v) is 6.31. The Bertz CT molecular complexity index is 1030. The summed E-state index contributed by atoms with van der Waals surface area (Å²) in [6.07, 6.45) is -1.35. The minimum Gasteiger partial charge on any atom is -0.447 e. The number of nitrogens with one attached hydrogen (secondary N) is 2. The molecular formula is C19H13ClN2O6. The first-order valence-corrected chi connectivity index (χ1v) is 8.42. The highest BCUT2D eigenvalue weighted by Crippen LogP contribution is 2.27. The van der Waals surface area contributed by atoms with Crippen molar-refractivity contribution in [3.8, 4) is 0 Å². The molecule has 1 aliphatic rings. The minimum absolute atomic E-state index is 0.0464. The Kier molecular flexibility index (Phi) is 5.23. The molecule has 0 bridgehead atoms. The van der Waals surface area contributed by atoms with Gasteiger partial charge in [0, 0.05) is 17.5 Å². The lowest BCUT2D eigenvalue weighted by Crippen LogP contribution is -2.42. The van der Waals surface area contributed by atoms with Crippen molar-refractivity contribution in [2.24, 2.45) is 0 Å². The zero-order chi connectivity index (χ0) is 20.4. The maximum atomic E-state index is 12.8. The number of carbonyl (C=O) groups excluding carboxylic acids is 5. The third-order valence-electron chi connectivity index (χ3n) is 3.90. The quantitative estimate of drug-likeness (QED) is 0.460. The number of anilines is 1. The van der Waals surface area contributed by atoms with Crippen LogP contribution in [0.15, 0.2) is 42.5 Å². The van der Waals surface area contributed by atoms with Gasteiger partial charge in [-0.2, -0.15) is 0 Å². The van der Waals surface area contributed by atoms with Crippen molar-refractivity contribution in [2.75, 3.05) is 5.32 Å². The van der Waals surface area contributed by atoms with Crippen molar-refractivity contribution in [2.45, 2.75) is 13.0 Å². The Hall–Kier alpha value is -3.52. The number of rotatable bonds is 4. The number of Topliss-reactive ketones (excluding diaryl/α,β-unsaturated/α-hetero) is 1. The Balaban J connectivity index is 1.98. The molecule has 1 aliphatic heterocycles. The van der Waals surface area contributed by atoms with Gasteiger partial charge in [0.25, 0.3) is 23.5 Å². The summed E-state index contributed by atoms with van der Waals surface area (Å²) in [6.45, 7) is 1.14. The summed E-state index contributed by atoms with van der Waals surface area (Å²) < 4.78 is 5.10. The van der Waals surface area contributed by atoms with E-state index >= 15 is 0 Å². The molecular weight excluding hydrogens is 388 g/mol. The molecule has 0 aliphatic carbocycles. The van der Waals surface area contributed by atoms with Gasteiger partial charge in [0.1, 0.15) is 0 Å². The predicted octanol–water partition coefficient (Wildman–Crippen LogP) is 2.04. The molecule has 28 heavy (non-hydrogen) atoms. The summed E-state index contributed by atoms with van der Waals surface area (Å²) in [5.74, 6) is -4.29. The van der Waals surface area contributed by atoms with Crippen LogP contribution in [0.1, 0.15) is 39.3 Å². The third kappa shape index (κ3) is 3.77. The number of halogens is 1. The van der Waals surface area contributed by atoms with Gasteiger partial charge in [0.15, 0.2) is 0 Å². The van der Waals surface area contributed by atoms with E-state index in [1.807, 2.05) is 5.32 Å². The van der Waals surface area contributed by atoms with Crippen LogP contribution >= 0.6 is 11.6 Å². The van der Waals surface area contributed by atoms with Gasteiger partial charge in [-0.25, -0.2) is 0 Å². The van der Waals surface area contributed by atoms with E-state index in [2.05, 4.69) is 5.32 Å². The second kappa shape index (κ2) is 7.61. The smallest absolute Gasteiger partial charge is 0.303 e. The molecule has 0 spiro atoms. The van der Waals surface area contributed by atoms with E-state index in [1.165, 1.54) is 24.3 Å². The highest BCUT2D eigenvalue weighted by molar-refractivity contribution is 6.50. The van der Waals surface area contributed by atoms with E-state index < -0.39 is 35.6 Å². The monoisotopic (exact) mass is 400 g/mol. The number of ether oxygens (including phenoxy) is 1. The Morgan fingerprint density at radius 1 is 1.07 bits per heavy atom. The molecule has 1 heterocycles. The molecule has 8 nitrogen and oxygen atoms in total. The molecule has 2 aromatic rings. The fraction of sp³-hybridized carbons (Fsp3) is 0.105. The first-order chi connectivity index (χ1) is 13.3. The van der Waals surface area contributed by atoms with Crippen LogP contribution in [0.25, 0.3) is 0 Å². The summed E-state index contributed by atoms with van der Waals surface area (Å²) in [5.41, 5.74) is -0.00788. The predicted molar refractivity (Wildman–Crippen MR) is 97.8 cm³/mol. The summed E-state index contributed by atoms with van der Waals surface area (Å²) in [6, 6.07) is 10.3. The first-order valence-electron chi connectivity index (χ1n) is 8.04. The molecule has 2 aromatic carbocycles. The van der Waals surface area contributed by atoms with Crippen LogP contribution in [-0.4, -0.2) is 29.5 Å². The Labute approximate surface area is 163 Å². The lowest BCUT2D eigenvalue weighted by molar-refractivity contribution is -0.152. The molecule has 0 saturated carbocycles. The molecule has 3 amide bonds. The molecule has 9 heteroatoms. The van der Waals surface area contributed by atoms with Gasteiger partial charge in [-0.1, -0.05) is 29.8 Å². The number of amides is 3. The molecule has 1 atom stereocenters. The first kappa shape index (κ1) is 19.2. The van der Waals surface area contributed by atoms with Gasteiger partial charge in [-0.15, -0.1) is 0 Å². The zero-order valence-electron chi connectivity index (χ0n) is 14.4. The number of fused-ring (bicyclic) bond motifs is 1. The topological polar surface area (TPSA) is 119 Å². The second-order valence-electron chi connectivity index (χ2n) is 5.87. The van der Waals surface area contributed by atoms with E-state index in [-0.39, 0.29) is 16.8 Å². The fourth-order valence-corrected chi connectivity index (χ4v) is 2.94. The largest absolute Gasteiger partial charge is 0.447 e. The standard InChI is InChI=1S/C19H13ClN2O6/c1-9(23)28-16(10-4-2-5-11(20)8-10)19(27)21-13-7-3-6-12-14(13)15(24)18(26)22-17(12)25/h2-8,16H,1H3,(H,21,27)(H,22,25,26)/t16-/m0/s1. The average molecular weight is 401 g/mol. The molecule has 0 unspecified atom stereocenters. The SMILES string of the molecule is CC(=O)O[C@H](C(=O)Nc1cccc2c1C(=O)C(=O)NC2=O)c1cccc(Cl)c1. The van der Waals surface area contributed by atoms with E-state index in [4.69, 9.17) is 16.3 Å². The van der Waals surface area contributed by atoms with Crippen molar-refractivity contribution in [3.05, 3.63) is 64.2 Å². The van der Waals surface area contributed by atoms with Crippen LogP contribution < -0.4 is 10.6 Å². The van der Waals surface area contributed by atoms with Gasteiger partial charge in [-0.3, -0.25) is 29.3 Å². The molecule has 3 rings (SSSR count). The highest BCUT2D eigenvalue weighted by Gasteiger charge is 2.34. The average Bonchev–Trinajstić information content (AvgIpc) is 2.64. The maximum absolute atomic E-state index is 12.8. The number of carbonyl (C=O) groups is 5. The Morgan fingerprint density at radius 3 is 2.46 bits per heavy atom.